The third kappa shape index (κ3) is 2.72. The molecule has 3 aromatic rings. The van der Waals surface area contributed by atoms with Gasteiger partial charge in [-0.15, -0.1) is 22.7 Å². The fourth-order valence-corrected chi connectivity index (χ4v) is 7.41. The van der Waals surface area contributed by atoms with E-state index in [1.807, 2.05) is 11.3 Å². The zero-order valence-corrected chi connectivity index (χ0v) is 17.0. The molecule has 1 saturated carbocycles. The zero-order chi connectivity index (χ0) is 18.0. The first-order chi connectivity index (χ1) is 13.3. The number of fused-ring (bicyclic) bond motifs is 4. The first-order valence-electron chi connectivity index (χ1n) is 10.2. The van der Waals surface area contributed by atoms with Crippen molar-refractivity contribution in [1.82, 2.24) is 9.97 Å². The number of thiophene rings is 2. The molecular formula is C21H24N3OS2+. The van der Waals surface area contributed by atoms with Crippen molar-refractivity contribution in [3.8, 4) is 0 Å². The number of nitrogens with zero attached hydrogens (tertiary/aromatic N) is 1. The van der Waals surface area contributed by atoms with Gasteiger partial charge in [-0.05, 0) is 55.5 Å². The van der Waals surface area contributed by atoms with Gasteiger partial charge in [0.1, 0.15) is 17.4 Å². The summed E-state index contributed by atoms with van der Waals surface area (Å²) in [5.41, 5.74) is 2.94. The van der Waals surface area contributed by atoms with E-state index >= 15 is 0 Å². The fraction of sp³-hybridized carbons (Fsp3) is 0.524. The highest BCUT2D eigenvalue weighted by Gasteiger charge is 2.43. The van der Waals surface area contributed by atoms with Gasteiger partial charge in [0.2, 0.25) is 0 Å². The van der Waals surface area contributed by atoms with E-state index in [1.165, 1.54) is 36.1 Å². The van der Waals surface area contributed by atoms with Gasteiger partial charge in [0.15, 0.2) is 5.82 Å². The van der Waals surface area contributed by atoms with Gasteiger partial charge in [0.05, 0.1) is 11.9 Å². The Morgan fingerprint density at radius 1 is 1.19 bits per heavy atom. The molecule has 2 aliphatic carbocycles. The molecule has 0 saturated heterocycles. The van der Waals surface area contributed by atoms with E-state index in [2.05, 4.69) is 16.4 Å². The molecule has 2 N–H and O–H groups in total. The molecule has 3 aromatic heterocycles. The number of hydrogen-bond acceptors (Lipinski definition) is 4. The highest BCUT2D eigenvalue weighted by atomic mass is 32.1. The van der Waals surface area contributed by atoms with Crippen molar-refractivity contribution in [2.75, 3.05) is 6.54 Å². The topological polar surface area (TPSA) is 50.2 Å². The van der Waals surface area contributed by atoms with E-state index in [9.17, 15) is 4.79 Å². The second-order valence-corrected chi connectivity index (χ2v) is 10.4. The highest BCUT2D eigenvalue weighted by Crippen LogP contribution is 2.42. The van der Waals surface area contributed by atoms with Crippen LogP contribution in [0, 0.1) is 5.92 Å². The minimum atomic E-state index is 0.0880. The summed E-state index contributed by atoms with van der Waals surface area (Å²) in [4.78, 5) is 26.5. The van der Waals surface area contributed by atoms with Crippen LogP contribution in [0.15, 0.2) is 16.2 Å². The van der Waals surface area contributed by atoms with Crippen molar-refractivity contribution >= 4 is 32.9 Å². The molecule has 0 radical (unpaired) electrons. The van der Waals surface area contributed by atoms with E-state index in [-0.39, 0.29) is 5.56 Å². The summed E-state index contributed by atoms with van der Waals surface area (Å²) >= 11 is 3.68. The number of hydrogen-bond donors (Lipinski definition) is 2. The molecule has 0 amide bonds. The van der Waals surface area contributed by atoms with Crippen molar-refractivity contribution in [3.63, 3.8) is 0 Å². The lowest BCUT2D eigenvalue weighted by atomic mass is 9.96. The number of H-pyrrole nitrogens is 1. The number of aromatic nitrogens is 2. The maximum Gasteiger partial charge on any atom is 0.260 e. The molecule has 0 spiro atoms. The Balaban J connectivity index is 1.36. The van der Waals surface area contributed by atoms with Crippen LogP contribution < -0.4 is 10.5 Å². The van der Waals surface area contributed by atoms with Crippen molar-refractivity contribution in [1.29, 1.82) is 0 Å². The van der Waals surface area contributed by atoms with Gasteiger partial charge in [-0.25, -0.2) is 4.98 Å². The number of rotatable bonds is 3. The second-order valence-electron chi connectivity index (χ2n) is 8.35. The van der Waals surface area contributed by atoms with Crippen LogP contribution >= 0.6 is 22.7 Å². The van der Waals surface area contributed by atoms with Crippen LogP contribution in [-0.4, -0.2) is 16.5 Å². The number of nitrogens with one attached hydrogen (secondary N) is 2. The summed E-state index contributed by atoms with van der Waals surface area (Å²) in [5, 5.41) is 3.14. The third-order valence-electron chi connectivity index (χ3n) is 6.59. The average molecular weight is 399 g/mol. The number of quaternary nitrogens is 1. The molecule has 4 nitrogen and oxygen atoms in total. The van der Waals surface area contributed by atoms with Gasteiger partial charge in [-0.1, -0.05) is 0 Å². The molecule has 4 heterocycles. The van der Waals surface area contributed by atoms with Gasteiger partial charge in [-0.3, -0.25) is 4.79 Å². The molecule has 1 aliphatic heterocycles. The number of aromatic amines is 1. The standard InChI is InChI=1S/C21H23N3OS2/c25-20-18-13-3-1-2-4-16(13)27-21(18)23-17(22-20)11-24-9-7-15-14(8-10-26-15)19(24)12-5-6-12/h8,10,12,19H,1-7,9,11H2,(H,22,23,25)/p+1/t19-/m0/s1. The molecule has 3 aliphatic rings. The molecule has 27 heavy (non-hydrogen) atoms. The van der Waals surface area contributed by atoms with Crippen molar-refractivity contribution < 1.29 is 4.90 Å². The monoisotopic (exact) mass is 398 g/mol. The molecule has 140 valence electrons. The third-order valence-corrected chi connectivity index (χ3v) is 8.77. The lowest BCUT2D eigenvalue weighted by Crippen LogP contribution is -3.12. The second kappa shape index (κ2) is 6.26. The predicted octanol–water partition coefficient (Wildman–Crippen LogP) is 3.02. The summed E-state index contributed by atoms with van der Waals surface area (Å²) in [5.74, 6) is 1.70. The summed E-state index contributed by atoms with van der Waals surface area (Å²) in [6.07, 6.45) is 8.47. The minimum Gasteiger partial charge on any atom is -0.322 e. The summed E-state index contributed by atoms with van der Waals surface area (Å²) in [7, 11) is 0. The van der Waals surface area contributed by atoms with E-state index in [0.717, 1.165) is 54.3 Å². The Morgan fingerprint density at radius 3 is 2.96 bits per heavy atom. The van der Waals surface area contributed by atoms with Gasteiger partial charge < -0.3 is 9.88 Å². The van der Waals surface area contributed by atoms with Crippen molar-refractivity contribution in [2.24, 2.45) is 5.92 Å². The first-order valence-corrected chi connectivity index (χ1v) is 11.9. The van der Waals surface area contributed by atoms with E-state index in [1.54, 1.807) is 26.7 Å². The fourth-order valence-electron chi connectivity index (χ4n) is 5.20. The van der Waals surface area contributed by atoms with Crippen LogP contribution in [0.4, 0.5) is 0 Å². The van der Waals surface area contributed by atoms with Crippen molar-refractivity contribution in [2.45, 2.75) is 57.5 Å². The van der Waals surface area contributed by atoms with Gasteiger partial charge in [0.25, 0.3) is 5.56 Å². The van der Waals surface area contributed by atoms with Crippen LogP contribution in [0.1, 0.15) is 58.4 Å². The number of aryl methyl sites for hydroxylation is 2. The summed E-state index contributed by atoms with van der Waals surface area (Å²) < 4.78 is 0. The lowest BCUT2D eigenvalue weighted by Gasteiger charge is -2.32. The van der Waals surface area contributed by atoms with Crippen LogP contribution in [-0.2, 0) is 25.8 Å². The van der Waals surface area contributed by atoms with Crippen LogP contribution in [0.3, 0.4) is 0 Å². The quantitative estimate of drug-likeness (QED) is 0.713. The lowest BCUT2D eigenvalue weighted by molar-refractivity contribution is -0.950. The summed E-state index contributed by atoms with van der Waals surface area (Å²) in [6.45, 7) is 1.99. The van der Waals surface area contributed by atoms with E-state index < -0.39 is 0 Å². The Hall–Kier alpha value is -1.50. The van der Waals surface area contributed by atoms with Crippen LogP contribution in [0.5, 0.6) is 0 Å². The predicted molar refractivity (Wildman–Crippen MR) is 110 cm³/mol. The van der Waals surface area contributed by atoms with E-state index in [0.29, 0.717) is 6.04 Å². The molecule has 6 rings (SSSR count). The SMILES string of the molecule is O=c1[nH]c(C[NH+]2CCc3sccc3[C@@H]2C2CC2)nc2sc3c(c12)CCCC3. The van der Waals surface area contributed by atoms with Crippen LogP contribution in [0.2, 0.25) is 0 Å². The molecule has 0 bridgehead atoms. The van der Waals surface area contributed by atoms with E-state index in [4.69, 9.17) is 4.98 Å². The molecule has 1 fully saturated rings. The van der Waals surface area contributed by atoms with Gasteiger partial charge in [-0.2, -0.15) is 0 Å². The van der Waals surface area contributed by atoms with Crippen molar-refractivity contribution in [3.05, 3.63) is 48.5 Å². The molecule has 1 unspecified atom stereocenters. The minimum absolute atomic E-state index is 0.0880. The average Bonchev–Trinajstić information content (AvgIpc) is 3.25. The Kier molecular flexibility index (Phi) is 3.81. The summed E-state index contributed by atoms with van der Waals surface area (Å²) in [6, 6.07) is 2.94. The molecule has 6 heteroatoms. The normalized spacial score (nSPS) is 24.7. The first kappa shape index (κ1) is 16.5. The molecular weight excluding hydrogens is 374 g/mol. The zero-order valence-electron chi connectivity index (χ0n) is 15.3. The smallest absolute Gasteiger partial charge is 0.260 e. The molecule has 2 atom stereocenters. The Bertz CT molecular complexity index is 1070. The van der Waals surface area contributed by atoms with Gasteiger partial charge in [0, 0.05) is 27.7 Å². The maximum absolute atomic E-state index is 12.9. The Morgan fingerprint density at radius 2 is 2.07 bits per heavy atom. The molecule has 0 aromatic carbocycles. The van der Waals surface area contributed by atoms with Crippen LogP contribution in [0.25, 0.3) is 10.2 Å². The highest BCUT2D eigenvalue weighted by molar-refractivity contribution is 7.18. The van der Waals surface area contributed by atoms with Gasteiger partial charge >= 0.3 is 0 Å². The maximum atomic E-state index is 12.9. The Labute approximate surface area is 166 Å². The largest absolute Gasteiger partial charge is 0.322 e.